The summed E-state index contributed by atoms with van der Waals surface area (Å²) in [5.41, 5.74) is -0.778. The van der Waals surface area contributed by atoms with Gasteiger partial charge in [0.1, 0.15) is 0 Å². The Morgan fingerprint density at radius 3 is 2.56 bits per heavy atom. The van der Waals surface area contributed by atoms with Gasteiger partial charge in [-0.25, -0.2) is 0 Å². The second-order valence-corrected chi connectivity index (χ2v) is 5.02. The number of carbonyl (C=O) groups excluding carboxylic acids is 1. The molecule has 0 aromatic heterocycles. The average molecular weight is 228 g/mol. The molecule has 0 aromatic rings. The maximum absolute atomic E-state index is 11.8. The van der Waals surface area contributed by atoms with Crippen molar-refractivity contribution in [3.63, 3.8) is 0 Å². The topological polar surface area (TPSA) is 60.9 Å². The van der Waals surface area contributed by atoms with Crippen LogP contribution in [0.5, 0.6) is 0 Å². The van der Waals surface area contributed by atoms with E-state index in [1.54, 1.807) is 16.7 Å². The second kappa shape index (κ2) is 4.82. The minimum atomic E-state index is -0.810. The first-order chi connectivity index (χ1) is 7.35. The standard InChI is InChI=1S/C11H20N2O3/c1-11(10(15)16)5-4-6-13(8-11)9(14)7-12(2)3/h4-8H2,1-3H3,(H,15,16)/t11-/m1/s1. The first-order valence-electron chi connectivity index (χ1n) is 5.51. The lowest BCUT2D eigenvalue weighted by molar-refractivity contribution is -0.153. The molecule has 0 saturated carbocycles. The molecule has 0 unspecified atom stereocenters. The number of carboxylic acid groups (broad SMARTS) is 1. The van der Waals surface area contributed by atoms with E-state index >= 15 is 0 Å². The van der Waals surface area contributed by atoms with E-state index in [1.807, 2.05) is 14.1 Å². The number of hydrogen-bond donors (Lipinski definition) is 1. The van der Waals surface area contributed by atoms with Gasteiger partial charge in [-0.05, 0) is 33.9 Å². The van der Waals surface area contributed by atoms with E-state index in [9.17, 15) is 9.59 Å². The van der Waals surface area contributed by atoms with Crippen molar-refractivity contribution in [3.8, 4) is 0 Å². The average Bonchev–Trinajstić information content (AvgIpc) is 2.16. The van der Waals surface area contributed by atoms with E-state index in [2.05, 4.69) is 0 Å². The van der Waals surface area contributed by atoms with Crippen LogP contribution in [0, 0.1) is 5.41 Å². The van der Waals surface area contributed by atoms with Crippen LogP contribution in [0.3, 0.4) is 0 Å². The molecule has 1 N–H and O–H groups in total. The van der Waals surface area contributed by atoms with Crippen molar-refractivity contribution in [1.82, 2.24) is 9.80 Å². The van der Waals surface area contributed by atoms with Crippen LogP contribution < -0.4 is 0 Å². The van der Waals surface area contributed by atoms with Gasteiger partial charge in [0.2, 0.25) is 5.91 Å². The Hall–Kier alpha value is -1.10. The van der Waals surface area contributed by atoms with E-state index in [0.717, 1.165) is 6.42 Å². The monoisotopic (exact) mass is 228 g/mol. The van der Waals surface area contributed by atoms with Crippen molar-refractivity contribution in [3.05, 3.63) is 0 Å². The Kier molecular flexibility index (Phi) is 3.91. The van der Waals surface area contributed by atoms with Gasteiger partial charge in [-0.15, -0.1) is 0 Å². The van der Waals surface area contributed by atoms with Crippen molar-refractivity contribution >= 4 is 11.9 Å². The van der Waals surface area contributed by atoms with Crippen LogP contribution >= 0.6 is 0 Å². The van der Waals surface area contributed by atoms with Crippen LogP contribution in [0.25, 0.3) is 0 Å². The van der Waals surface area contributed by atoms with Crippen molar-refractivity contribution < 1.29 is 14.7 Å². The number of amides is 1. The fraction of sp³-hybridized carbons (Fsp3) is 0.818. The van der Waals surface area contributed by atoms with E-state index in [-0.39, 0.29) is 5.91 Å². The van der Waals surface area contributed by atoms with Gasteiger partial charge in [0, 0.05) is 13.1 Å². The second-order valence-electron chi connectivity index (χ2n) is 5.02. The van der Waals surface area contributed by atoms with Crippen molar-refractivity contribution in [2.24, 2.45) is 5.41 Å². The molecule has 1 heterocycles. The number of likely N-dealkylation sites (tertiary alicyclic amines) is 1. The highest BCUT2D eigenvalue weighted by molar-refractivity contribution is 5.80. The van der Waals surface area contributed by atoms with Gasteiger partial charge >= 0.3 is 5.97 Å². The predicted octanol–water partition coefficient (Wildman–Crippen LogP) is 0.261. The molecular formula is C11H20N2O3. The molecule has 0 aromatic carbocycles. The Balaban J connectivity index is 2.63. The fourth-order valence-electron chi connectivity index (χ4n) is 2.00. The molecular weight excluding hydrogens is 208 g/mol. The third-order valence-corrected chi connectivity index (χ3v) is 3.02. The van der Waals surface area contributed by atoms with Crippen molar-refractivity contribution in [1.29, 1.82) is 0 Å². The van der Waals surface area contributed by atoms with Crippen LogP contribution in [-0.4, -0.2) is 60.5 Å². The highest BCUT2D eigenvalue weighted by atomic mass is 16.4. The summed E-state index contributed by atoms with van der Waals surface area (Å²) in [7, 11) is 3.66. The van der Waals surface area contributed by atoms with Gasteiger partial charge in [-0.2, -0.15) is 0 Å². The largest absolute Gasteiger partial charge is 0.481 e. The summed E-state index contributed by atoms with van der Waals surface area (Å²) in [5.74, 6) is -0.799. The van der Waals surface area contributed by atoms with Gasteiger partial charge in [0.25, 0.3) is 0 Å². The zero-order chi connectivity index (χ0) is 12.3. The lowest BCUT2D eigenvalue weighted by atomic mass is 9.82. The van der Waals surface area contributed by atoms with Crippen LogP contribution in [0.15, 0.2) is 0 Å². The highest BCUT2D eigenvalue weighted by Crippen LogP contribution is 2.29. The molecule has 0 bridgehead atoms. The van der Waals surface area contributed by atoms with Gasteiger partial charge in [0.15, 0.2) is 0 Å². The number of carboxylic acids is 1. The molecule has 1 atom stereocenters. The highest BCUT2D eigenvalue weighted by Gasteiger charge is 2.39. The van der Waals surface area contributed by atoms with Crippen LogP contribution in [0.1, 0.15) is 19.8 Å². The molecule has 0 aliphatic carbocycles. The molecule has 1 saturated heterocycles. The zero-order valence-corrected chi connectivity index (χ0v) is 10.2. The summed E-state index contributed by atoms with van der Waals surface area (Å²) >= 11 is 0. The Morgan fingerprint density at radius 1 is 1.44 bits per heavy atom. The molecule has 5 nitrogen and oxygen atoms in total. The van der Waals surface area contributed by atoms with Gasteiger partial charge in [-0.3, -0.25) is 9.59 Å². The third kappa shape index (κ3) is 2.95. The zero-order valence-electron chi connectivity index (χ0n) is 10.2. The first kappa shape index (κ1) is 13.0. The molecule has 0 radical (unpaired) electrons. The molecule has 16 heavy (non-hydrogen) atoms. The predicted molar refractivity (Wildman–Crippen MR) is 60.1 cm³/mol. The molecule has 1 aliphatic heterocycles. The smallest absolute Gasteiger partial charge is 0.311 e. The minimum absolute atomic E-state index is 0.0113. The quantitative estimate of drug-likeness (QED) is 0.752. The number of likely N-dealkylation sites (N-methyl/N-ethyl adjacent to an activating group) is 1. The Bertz CT molecular complexity index is 291. The van der Waals surface area contributed by atoms with Crippen molar-refractivity contribution in [2.75, 3.05) is 33.7 Å². The Labute approximate surface area is 96.0 Å². The van der Waals surface area contributed by atoms with Gasteiger partial charge < -0.3 is 14.9 Å². The maximum atomic E-state index is 11.8. The minimum Gasteiger partial charge on any atom is -0.481 e. The van der Waals surface area contributed by atoms with Gasteiger partial charge in [0.05, 0.1) is 12.0 Å². The fourth-order valence-corrected chi connectivity index (χ4v) is 2.00. The molecule has 1 aliphatic rings. The Morgan fingerprint density at radius 2 is 2.06 bits per heavy atom. The normalized spacial score (nSPS) is 25.9. The summed E-state index contributed by atoms with van der Waals surface area (Å²) in [6, 6.07) is 0. The van der Waals surface area contributed by atoms with Crippen LogP contribution in [0.2, 0.25) is 0 Å². The van der Waals surface area contributed by atoms with Crippen molar-refractivity contribution in [2.45, 2.75) is 19.8 Å². The van der Waals surface area contributed by atoms with Crippen LogP contribution in [-0.2, 0) is 9.59 Å². The molecule has 1 fully saturated rings. The maximum Gasteiger partial charge on any atom is 0.311 e. The van der Waals surface area contributed by atoms with E-state index in [4.69, 9.17) is 5.11 Å². The van der Waals surface area contributed by atoms with Gasteiger partial charge in [-0.1, -0.05) is 0 Å². The molecule has 92 valence electrons. The third-order valence-electron chi connectivity index (χ3n) is 3.02. The molecule has 1 rings (SSSR count). The lowest BCUT2D eigenvalue weighted by Crippen LogP contribution is -2.50. The molecule has 1 amide bonds. The number of piperidine rings is 1. The summed E-state index contributed by atoms with van der Waals surface area (Å²) in [5, 5.41) is 9.13. The van der Waals surface area contributed by atoms with E-state index < -0.39 is 11.4 Å². The number of carbonyl (C=O) groups is 2. The summed E-state index contributed by atoms with van der Waals surface area (Å²) in [6.45, 7) is 3.06. The van der Waals surface area contributed by atoms with Crippen LogP contribution in [0.4, 0.5) is 0 Å². The van der Waals surface area contributed by atoms with E-state index in [0.29, 0.717) is 26.1 Å². The summed E-state index contributed by atoms with van der Waals surface area (Å²) < 4.78 is 0. The number of aliphatic carboxylic acids is 1. The summed E-state index contributed by atoms with van der Waals surface area (Å²) in [6.07, 6.45) is 1.41. The number of nitrogens with zero attached hydrogens (tertiary/aromatic N) is 2. The van der Waals surface area contributed by atoms with E-state index in [1.165, 1.54) is 0 Å². The molecule has 5 heteroatoms. The SMILES string of the molecule is CN(C)CC(=O)N1CCC[C@@](C)(C(=O)O)C1. The summed E-state index contributed by atoms with van der Waals surface area (Å²) in [4.78, 5) is 26.4. The first-order valence-corrected chi connectivity index (χ1v) is 5.51. The lowest BCUT2D eigenvalue weighted by Gasteiger charge is -2.37. The number of rotatable bonds is 3. The molecule has 0 spiro atoms. The number of hydrogen-bond acceptors (Lipinski definition) is 3.